The summed E-state index contributed by atoms with van der Waals surface area (Å²) >= 11 is 1.67. The third kappa shape index (κ3) is 2.20. The number of nitrogens with one attached hydrogen (secondary N) is 1. The predicted octanol–water partition coefficient (Wildman–Crippen LogP) is 2.13. The Morgan fingerprint density at radius 1 is 1.47 bits per heavy atom. The van der Waals surface area contributed by atoms with Crippen molar-refractivity contribution in [2.75, 3.05) is 7.11 Å². The van der Waals surface area contributed by atoms with Gasteiger partial charge in [0.25, 0.3) is 0 Å². The van der Waals surface area contributed by atoms with E-state index in [0.717, 1.165) is 19.3 Å². The number of thiophene rings is 1. The van der Waals surface area contributed by atoms with Crippen LogP contribution in [0.2, 0.25) is 0 Å². The SMILES string of the molecule is COC1CCCC1N1C(=O)C(C)NC1c1ccsc1. The molecule has 0 bridgehead atoms. The fraction of sp³-hybridized carbons (Fsp3) is 0.643. The van der Waals surface area contributed by atoms with E-state index >= 15 is 0 Å². The first kappa shape index (κ1) is 13.1. The number of carbonyl (C=O) groups is 1. The molecule has 1 saturated carbocycles. The number of amides is 1. The average Bonchev–Trinajstić information content (AvgIpc) is 3.11. The predicted molar refractivity (Wildman–Crippen MR) is 74.9 cm³/mol. The highest BCUT2D eigenvalue weighted by Crippen LogP contribution is 2.35. The van der Waals surface area contributed by atoms with Crippen LogP contribution in [-0.4, -0.2) is 36.1 Å². The Bertz CT molecular complexity index is 448. The molecule has 4 atom stereocenters. The summed E-state index contributed by atoms with van der Waals surface area (Å²) in [5.41, 5.74) is 1.18. The van der Waals surface area contributed by atoms with Crippen LogP contribution in [0.5, 0.6) is 0 Å². The maximum Gasteiger partial charge on any atom is 0.241 e. The van der Waals surface area contributed by atoms with Gasteiger partial charge in [0.2, 0.25) is 5.91 Å². The molecule has 1 amide bonds. The lowest BCUT2D eigenvalue weighted by molar-refractivity contribution is -0.134. The van der Waals surface area contributed by atoms with Gasteiger partial charge in [0.15, 0.2) is 0 Å². The molecule has 0 aromatic carbocycles. The van der Waals surface area contributed by atoms with Gasteiger partial charge < -0.3 is 9.64 Å². The topological polar surface area (TPSA) is 41.6 Å². The lowest BCUT2D eigenvalue weighted by Crippen LogP contribution is -2.44. The zero-order valence-corrected chi connectivity index (χ0v) is 12.2. The molecular weight excluding hydrogens is 260 g/mol. The Kier molecular flexibility index (Phi) is 3.60. The van der Waals surface area contributed by atoms with Crippen LogP contribution in [0.15, 0.2) is 16.8 Å². The Balaban J connectivity index is 1.89. The van der Waals surface area contributed by atoms with Gasteiger partial charge in [-0.1, -0.05) is 0 Å². The summed E-state index contributed by atoms with van der Waals surface area (Å²) in [7, 11) is 1.75. The molecule has 2 aliphatic rings. The van der Waals surface area contributed by atoms with Crippen molar-refractivity contribution < 1.29 is 9.53 Å². The van der Waals surface area contributed by atoms with Gasteiger partial charge >= 0.3 is 0 Å². The van der Waals surface area contributed by atoms with Crippen LogP contribution in [0.1, 0.15) is 37.9 Å². The molecule has 3 rings (SSSR count). The minimum atomic E-state index is -0.108. The normalized spacial score (nSPS) is 35.3. The standard InChI is InChI=1S/C14H20N2O2S/c1-9-14(17)16(11-4-3-5-12(11)18-2)13(15-9)10-6-7-19-8-10/h6-9,11-13,15H,3-5H2,1-2H3. The molecule has 4 unspecified atom stereocenters. The summed E-state index contributed by atoms with van der Waals surface area (Å²) in [6.07, 6.45) is 3.42. The first-order valence-corrected chi connectivity index (χ1v) is 7.79. The van der Waals surface area contributed by atoms with Crippen LogP contribution >= 0.6 is 11.3 Å². The first-order valence-electron chi connectivity index (χ1n) is 6.85. The second kappa shape index (κ2) is 5.23. The molecule has 0 radical (unpaired) electrons. The number of rotatable bonds is 3. The van der Waals surface area contributed by atoms with E-state index in [0.29, 0.717) is 0 Å². The number of hydrogen-bond acceptors (Lipinski definition) is 4. The van der Waals surface area contributed by atoms with E-state index in [2.05, 4.69) is 22.1 Å². The highest BCUT2D eigenvalue weighted by molar-refractivity contribution is 7.07. The zero-order chi connectivity index (χ0) is 13.4. The second-order valence-corrected chi connectivity index (χ2v) is 6.15. The van der Waals surface area contributed by atoms with E-state index < -0.39 is 0 Å². The van der Waals surface area contributed by atoms with Gasteiger partial charge in [0.1, 0.15) is 6.17 Å². The molecule has 0 spiro atoms. The molecule has 1 saturated heterocycles. The largest absolute Gasteiger partial charge is 0.379 e. The number of hydrogen-bond donors (Lipinski definition) is 1. The zero-order valence-electron chi connectivity index (χ0n) is 11.3. The van der Waals surface area contributed by atoms with Crippen molar-refractivity contribution in [3.05, 3.63) is 22.4 Å². The van der Waals surface area contributed by atoms with Crippen molar-refractivity contribution >= 4 is 17.2 Å². The van der Waals surface area contributed by atoms with Crippen molar-refractivity contribution in [2.45, 2.75) is 50.5 Å². The molecule has 1 aromatic rings. The monoisotopic (exact) mass is 280 g/mol. The Hall–Kier alpha value is -0.910. The van der Waals surface area contributed by atoms with E-state index in [-0.39, 0.29) is 30.3 Å². The van der Waals surface area contributed by atoms with Crippen LogP contribution in [-0.2, 0) is 9.53 Å². The van der Waals surface area contributed by atoms with Crippen molar-refractivity contribution in [1.29, 1.82) is 0 Å². The van der Waals surface area contributed by atoms with Gasteiger partial charge in [0.05, 0.1) is 18.2 Å². The number of methoxy groups -OCH3 is 1. The highest BCUT2D eigenvalue weighted by Gasteiger charge is 2.45. The molecule has 19 heavy (non-hydrogen) atoms. The fourth-order valence-electron chi connectivity index (χ4n) is 3.28. The molecule has 104 valence electrons. The minimum absolute atomic E-state index is 0.00880. The molecule has 2 fully saturated rings. The minimum Gasteiger partial charge on any atom is -0.379 e. The lowest BCUT2D eigenvalue weighted by Gasteiger charge is -2.33. The van der Waals surface area contributed by atoms with Gasteiger partial charge in [-0.2, -0.15) is 11.3 Å². The average molecular weight is 280 g/mol. The molecule has 1 aliphatic carbocycles. The van der Waals surface area contributed by atoms with Gasteiger partial charge in [-0.05, 0) is 48.6 Å². The number of nitrogens with zero attached hydrogens (tertiary/aromatic N) is 1. The van der Waals surface area contributed by atoms with E-state index in [1.54, 1.807) is 18.4 Å². The van der Waals surface area contributed by atoms with E-state index in [4.69, 9.17) is 4.74 Å². The summed E-state index contributed by atoms with van der Waals surface area (Å²) < 4.78 is 5.57. The molecular formula is C14H20N2O2S. The molecule has 4 nitrogen and oxygen atoms in total. The Morgan fingerprint density at radius 3 is 3.00 bits per heavy atom. The van der Waals surface area contributed by atoms with Crippen LogP contribution in [0.3, 0.4) is 0 Å². The maximum atomic E-state index is 12.5. The fourth-order valence-corrected chi connectivity index (χ4v) is 3.96. The quantitative estimate of drug-likeness (QED) is 0.922. The van der Waals surface area contributed by atoms with Gasteiger partial charge in [-0.15, -0.1) is 0 Å². The maximum absolute atomic E-state index is 12.5. The van der Waals surface area contributed by atoms with Crippen LogP contribution in [0, 0.1) is 0 Å². The van der Waals surface area contributed by atoms with E-state index in [1.807, 2.05) is 11.8 Å². The van der Waals surface area contributed by atoms with Crippen LogP contribution < -0.4 is 5.32 Å². The van der Waals surface area contributed by atoms with Crippen molar-refractivity contribution in [1.82, 2.24) is 10.2 Å². The third-order valence-electron chi connectivity index (χ3n) is 4.25. The first-order chi connectivity index (χ1) is 9.22. The second-order valence-electron chi connectivity index (χ2n) is 5.37. The summed E-state index contributed by atoms with van der Waals surface area (Å²) in [5.74, 6) is 0.199. The Labute approximate surface area is 117 Å². The third-order valence-corrected chi connectivity index (χ3v) is 4.95. The summed E-state index contributed by atoms with van der Waals surface area (Å²) in [6, 6.07) is 2.19. The van der Waals surface area contributed by atoms with Gasteiger partial charge in [0, 0.05) is 7.11 Å². The molecule has 1 N–H and O–H groups in total. The smallest absolute Gasteiger partial charge is 0.241 e. The van der Waals surface area contributed by atoms with Gasteiger partial charge in [-0.25, -0.2) is 0 Å². The lowest BCUT2D eigenvalue weighted by atomic mass is 10.1. The van der Waals surface area contributed by atoms with Crippen molar-refractivity contribution in [2.24, 2.45) is 0 Å². The number of carbonyl (C=O) groups excluding carboxylic acids is 1. The molecule has 2 heterocycles. The van der Waals surface area contributed by atoms with Crippen molar-refractivity contribution in [3.63, 3.8) is 0 Å². The van der Waals surface area contributed by atoms with E-state index in [1.165, 1.54) is 5.56 Å². The van der Waals surface area contributed by atoms with Crippen LogP contribution in [0.4, 0.5) is 0 Å². The summed E-state index contributed by atoms with van der Waals surface area (Å²) in [4.78, 5) is 14.5. The van der Waals surface area contributed by atoms with E-state index in [9.17, 15) is 4.79 Å². The number of ether oxygens (including phenoxy) is 1. The molecule has 1 aliphatic heterocycles. The Morgan fingerprint density at radius 2 is 2.32 bits per heavy atom. The van der Waals surface area contributed by atoms with Gasteiger partial charge in [-0.3, -0.25) is 10.1 Å². The summed E-state index contributed by atoms with van der Waals surface area (Å²) in [5, 5.41) is 7.58. The summed E-state index contributed by atoms with van der Waals surface area (Å²) in [6.45, 7) is 1.94. The van der Waals surface area contributed by atoms with Crippen LogP contribution in [0.25, 0.3) is 0 Å². The highest BCUT2D eigenvalue weighted by atomic mass is 32.1. The molecule has 1 aromatic heterocycles. The molecule has 5 heteroatoms. The van der Waals surface area contributed by atoms with Crippen molar-refractivity contribution in [3.8, 4) is 0 Å².